The minimum atomic E-state index is -3.96. The van der Waals surface area contributed by atoms with Gasteiger partial charge in [0.05, 0.1) is 47.9 Å². The van der Waals surface area contributed by atoms with E-state index >= 15 is 0 Å². The Morgan fingerprint density at radius 3 is 2.03 bits per heavy atom. The third kappa shape index (κ3) is 15.6. The molecule has 20 heteroatoms. The number of nitrogens with one attached hydrogen (secondary N) is 3. The summed E-state index contributed by atoms with van der Waals surface area (Å²) in [5, 5.41) is 5.23. The first-order valence-electron chi connectivity index (χ1n) is 26.6. The van der Waals surface area contributed by atoms with Gasteiger partial charge in [0.2, 0.25) is 33.7 Å². The number of likely N-dealkylation sites (N-methyl/N-ethyl adjacent to an activating group) is 2. The van der Waals surface area contributed by atoms with Gasteiger partial charge in [0, 0.05) is 47.3 Å². The Labute approximate surface area is 431 Å². The number of carbonyl (C=O) groups is 6. The highest BCUT2D eigenvalue weighted by Gasteiger charge is 2.45. The number of carbonyl (C=O) groups excluding carboxylic acids is 6. The summed E-state index contributed by atoms with van der Waals surface area (Å²) in [6.07, 6.45) is 5.23. The van der Waals surface area contributed by atoms with E-state index in [0.29, 0.717) is 77.0 Å². The molecule has 0 aromatic rings. The van der Waals surface area contributed by atoms with Crippen molar-refractivity contribution in [2.75, 3.05) is 61.5 Å². The van der Waals surface area contributed by atoms with Crippen LogP contribution in [0.25, 0.3) is 0 Å². The second-order valence-electron chi connectivity index (χ2n) is 22.5. The lowest BCUT2D eigenvalue weighted by Gasteiger charge is -2.41. The fourth-order valence-electron chi connectivity index (χ4n) is 11.2. The molecule has 3 fully saturated rings. The molecule has 0 radical (unpaired) electrons. The third-order valence-corrected chi connectivity index (χ3v) is 17.8. The highest BCUT2D eigenvalue weighted by Crippen LogP contribution is 2.38. The van der Waals surface area contributed by atoms with Gasteiger partial charge in [0.15, 0.2) is 0 Å². The van der Waals surface area contributed by atoms with Gasteiger partial charge in [-0.1, -0.05) is 73.5 Å². The summed E-state index contributed by atoms with van der Waals surface area (Å²) in [4.78, 5) is 91.0. The Hall–Kier alpha value is -3.85. The Morgan fingerprint density at radius 2 is 1.51 bits per heavy atom. The fourth-order valence-corrected chi connectivity index (χ4v) is 12.6. The summed E-state index contributed by atoms with van der Waals surface area (Å²) in [7, 11) is 4.42. The number of piperidine rings is 1. The summed E-state index contributed by atoms with van der Waals surface area (Å²) in [6.45, 7) is 19.4. The molecule has 2 aliphatic heterocycles. The van der Waals surface area contributed by atoms with E-state index in [1.807, 2.05) is 80.5 Å². The van der Waals surface area contributed by atoms with E-state index in [0.717, 1.165) is 18.4 Å². The molecule has 0 aromatic carbocycles. The topological polar surface area (TPSA) is 239 Å². The van der Waals surface area contributed by atoms with Crippen molar-refractivity contribution in [3.63, 3.8) is 0 Å². The molecule has 19 nitrogen and oxygen atoms in total. The molecular formula is C52H92N8O11S. The van der Waals surface area contributed by atoms with Gasteiger partial charge in [0.1, 0.15) is 17.7 Å². The molecule has 2 unspecified atom stereocenters. The van der Waals surface area contributed by atoms with Gasteiger partial charge in [-0.25, -0.2) is 13.2 Å². The zero-order valence-electron chi connectivity index (χ0n) is 46.0. The molecule has 2 saturated heterocycles. The molecule has 4 rings (SSSR count). The summed E-state index contributed by atoms with van der Waals surface area (Å²) in [5.41, 5.74) is 5.86. The molecule has 11 atom stereocenters. The van der Waals surface area contributed by atoms with Crippen molar-refractivity contribution in [3.8, 4) is 0 Å². The van der Waals surface area contributed by atoms with Crippen molar-refractivity contribution >= 4 is 45.7 Å². The summed E-state index contributed by atoms with van der Waals surface area (Å²) >= 11 is 0. The minimum absolute atomic E-state index is 0.00595. The lowest BCUT2D eigenvalue weighted by Crippen LogP contribution is -2.59. The van der Waals surface area contributed by atoms with Crippen LogP contribution < -0.4 is 21.1 Å². The normalized spacial score (nSPS) is 24.4. The maximum atomic E-state index is 14.5. The van der Waals surface area contributed by atoms with Gasteiger partial charge < -0.3 is 45.3 Å². The monoisotopic (exact) mass is 1040 g/mol. The van der Waals surface area contributed by atoms with E-state index in [9.17, 15) is 37.2 Å². The van der Waals surface area contributed by atoms with Crippen molar-refractivity contribution in [2.45, 2.75) is 186 Å². The molecule has 1 saturated carbocycles. The standard InChI is InChI=1S/C52H92N8O11S/c1-15-33(6)45(58(12)50(65)43(31(2)3)55-49(64)44(32(4)5)57(10)11)41(69-13)28-42(61)60-24-16-17-40(60)46(70-14)35(8)47(62)54-39(48(63)56-72(67,68)38-18-19-38)27-37-20-23-52(9,29-34(37)7)71-51(66)59-25-21-36(30-53)22-26-59/h20,31-36,38-41,43-46H,15-19,21-30,53H2,1-14H3,(H,54,62)(H,55,64)(H,56,63)/t33-,34?,35+,39-,40-,41+,43-,44-,45-,46+,52?/m0/s1. The largest absolute Gasteiger partial charge is 0.443 e. The van der Waals surface area contributed by atoms with Crippen molar-refractivity contribution < 1.29 is 51.4 Å². The van der Waals surface area contributed by atoms with Crippen molar-refractivity contribution in [3.05, 3.63) is 11.6 Å². The lowest BCUT2D eigenvalue weighted by molar-refractivity contribution is -0.148. The van der Waals surface area contributed by atoms with Crippen LogP contribution in [0, 0.1) is 35.5 Å². The molecule has 6 amide bonds. The van der Waals surface area contributed by atoms with Crippen LogP contribution in [-0.4, -0.2) is 178 Å². The molecule has 4 aliphatic rings. The van der Waals surface area contributed by atoms with E-state index in [-0.39, 0.29) is 60.3 Å². The zero-order chi connectivity index (χ0) is 54.0. The molecule has 0 aromatic heterocycles. The first-order valence-corrected chi connectivity index (χ1v) is 28.1. The number of ether oxygens (including phenoxy) is 3. The number of sulfonamides is 1. The van der Waals surface area contributed by atoms with Crippen LogP contribution in [-0.2, 0) is 48.2 Å². The Bertz CT molecular complexity index is 2000. The van der Waals surface area contributed by atoms with Gasteiger partial charge in [-0.05, 0) is 109 Å². The highest BCUT2D eigenvalue weighted by atomic mass is 32.2. The van der Waals surface area contributed by atoms with E-state index in [4.69, 9.17) is 19.9 Å². The molecule has 0 spiro atoms. The van der Waals surface area contributed by atoms with Crippen molar-refractivity contribution in [1.82, 2.24) is 35.0 Å². The highest BCUT2D eigenvalue weighted by molar-refractivity contribution is 7.90. The maximum Gasteiger partial charge on any atom is 0.410 e. The Morgan fingerprint density at radius 1 is 0.875 bits per heavy atom. The third-order valence-electron chi connectivity index (χ3n) is 15.9. The van der Waals surface area contributed by atoms with Crippen LogP contribution >= 0.6 is 0 Å². The maximum absolute atomic E-state index is 14.5. The fraction of sp³-hybridized carbons (Fsp3) is 0.846. The second-order valence-corrected chi connectivity index (χ2v) is 24.5. The predicted octanol–water partition coefficient (Wildman–Crippen LogP) is 4.04. The molecule has 0 bridgehead atoms. The van der Waals surface area contributed by atoms with Crippen LogP contribution in [0.15, 0.2) is 11.6 Å². The number of likely N-dealkylation sites (tertiary alicyclic amines) is 2. The van der Waals surface area contributed by atoms with Crippen LogP contribution in [0.3, 0.4) is 0 Å². The molecule has 5 N–H and O–H groups in total. The van der Waals surface area contributed by atoms with E-state index in [1.54, 1.807) is 28.7 Å². The molecule has 2 heterocycles. The lowest BCUT2D eigenvalue weighted by atomic mass is 9.77. The zero-order valence-corrected chi connectivity index (χ0v) is 46.8. The quantitative estimate of drug-likeness (QED) is 0.0947. The van der Waals surface area contributed by atoms with Gasteiger partial charge in [0.25, 0.3) is 5.91 Å². The number of rotatable bonds is 25. The van der Waals surface area contributed by atoms with Crippen molar-refractivity contribution in [2.24, 2.45) is 41.2 Å². The van der Waals surface area contributed by atoms with Crippen LogP contribution in [0.2, 0.25) is 0 Å². The number of hydrogen-bond donors (Lipinski definition) is 4. The smallest absolute Gasteiger partial charge is 0.410 e. The SMILES string of the molecule is CC[C@H](C)[C@@H]([C@@H](CC(=O)N1CCC[C@H]1[C@H](OC)[C@@H](C)C(=O)N[C@@H](CC1=CCC(C)(OC(=O)N2CCC(CN)CC2)CC1C)C(=O)NS(=O)(=O)C1CC1)OC)N(C)C(=O)[C@@H](NC(=O)[C@H](C(C)C)N(C)C)C(C)C. The van der Waals surface area contributed by atoms with Gasteiger partial charge >= 0.3 is 6.09 Å². The van der Waals surface area contributed by atoms with Gasteiger partial charge in [-0.3, -0.25) is 33.6 Å². The Kier molecular flexibility index (Phi) is 22.4. The van der Waals surface area contributed by atoms with Crippen molar-refractivity contribution in [1.29, 1.82) is 0 Å². The number of nitrogens with two attached hydrogens (primary N) is 1. The van der Waals surface area contributed by atoms with Gasteiger partial charge in [-0.15, -0.1) is 0 Å². The number of hydrogen-bond acceptors (Lipinski definition) is 13. The van der Waals surface area contributed by atoms with Crippen LogP contribution in [0.4, 0.5) is 4.79 Å². The number of methoxy groups -OCH3 is 2. The average molecular weight is 1040 g/mol. The molecule has 2 aliphatic carbocycles. The summed E-state index contributed by atoms with van der Waals surface area (Å²) in [6, 6.07) is -3.57. The molecule has 412 valence electrons. The molecule has 72 heavy (non-hydrogen) atoms. The molecular weight excluding hydrogens is 945 g/mol. The predicted molar refractivity (Wildman–Crippen MR) is 277 cm³/mol. The number of nitrogens with zero attached hydrogens (tertiary/aromatic N) is 4. The first-order chi connectivity index (χ1) is 33.7. The van der Waals surface area contributed by atoms with E-state index in [2.05, 4.69) is 15.4 Å². The Balaban J connectivity index is 1.50. The van der Waals surface area contributed by atoms with Gasteiger partial charge in [-0.2, -0.15) is 0 Å². The summed E-state index contributed by atoms with van der Waals surface area (Å²) in [5.74, 6) is -3.13. The minimum Gasteiger partial charge on any atom is -0.443 e. The second kappa shape index (κ2) is 26.6. The van der Waals surface area contributed by atoms with Crippen LogP contribution in [0.5, 0.6) is 0 Å². The van der Waals surface area contributed by atoms with E-state index in [1.165, 1.54) is 14.2 Å². The number of amides is 6. The first kappa shape index (κ1) is 60.7. The van der Waals surface area contributed by atoms with E-state index < -0.39 is 81.0 Å². The average Bonchev–Trinajstić information content (AvgIpc) is 4.08. The van der Waals surface area contributed by atoms with Crippen LogP contribution in [0.1, 0.15) is 133 Å². The summed E-state index contributed by atoms with van der Waals surface area (Å²) < 4.78 is 46.6.